The quantitative estimate of drug-likeness (QED) is 0.556. The fourth-order valence-electron chi connectivity index (χ4n) is 3.40. The summed E-state index contributed by atoms with van der Waals surface area (Å²) in [5.74, 6) is -5.73. The highest BCUT2D eigenvalue weighted by Crippen LogP contribution is 2.55. The van der Waals surface area contributed by atoms with Gasteiger partial charge in [0.15, 0.2) is 11.7 Å². The summed E-state index contributed by atoms with van der Waals surface area (Å²) in [7, 11) is 1.95. The maximum absolute atomic E-state index is 13.9. The second-order valence-electron chi connectivity index (χ2n) is 6.37. The van der Waals surface area contributed by atoms with Crippen LogP contribution in [-0.4, -0.2) is 38.1 Å². The molecule has 152 valence electrons. The second kappa shape index (κ2) is 7.21. The summed E-state index contributed by atoms with van der Waals surface area (Å²) in [5, 5.41) is 0. The minimum Gasteiger partial charge on any atom is -0.496 e. The molecule has 1 fully saturated rings. The third kappa shape index (κ3) is 3.35. The molecule has 0 bridgehead atoms. The smallest absolute Gasteiger partial charge is 0.417 e. The highest BCUT2D eigenvalue weighted by atomic mass is 19.4. The summed E-state index contributed by atoms with van der Waals surface area (Å²) in [4.78, 5) is 12.1. The van der Waals surface area contributed by atoms with Gasteiger partial charge in [-0.05, 0) is 13.0 Å². The Morgan fingerprint density at radius 1 is 1.26 bits per heavy atom. The Balaban J connectivity index is 2.70. The third-order valence-electron chi connectivity index (χ3n) is 5.06. The van der Waals surface area contributed by atoms with E-state index in [1.54, 1.807) is 0 Å². The number of rotatable bonds is 4. The average Bonchev–Trinajstić information content (AvgIpc) is 2.86. The van der Waals surface area contributed by atoms with Crippen molar-refractivity contribution < 1.29 is 45.3 Å². The summed E-state index contributed by atoms with van der Waals surface area (Å²) in [5.41, 5.74) is -4.03. The molecule has 4 nitrogen and oxygen atoms in total. The molecule has 3 unspecified atom stereocenters. The van der Waals surface area contributed by atoms with Crippen LogP contribution in [0.5, 0.6) is 5.75 Å². The first-order chi connectivity index (χ1) is 12.4. The lowest BCUT2D eigenvalue weighted by Gasteiger charge is -2.32. The maximum Gasteiger partial charge on any atom is 0.417 e. The molecule has 0 aliphatic carbocycles. The van der Waals surface area contributed by atoms with Gasteiger partial charge in [-0.15, -0.1) is 0 Å². The molecule has 0 radical (unpaired) electrons. The van der Waals surface area contributed by atoms with Crippen LogP contribution in [0.4, 0.5) is 26.3 Å². The second-order valence-corrected chi connectivity index (χ2v) is 6.37. The molecule has 0 spiro atoms. The number of carbonyl (C=O) groups is 1. The van der Waals surface area contributed by atoms with Gasteiger partial charge in [-0.1, -0.05) is 13.0 Å². The van der Waals surface area contributed by atoms with E-state index in [-0.39, 0.29) is 5.56 Å². The molecule has 27 heavy (non-hydrogen) atoms. The van der Waals surface area contributed by atoms with E-state index in [0.717, 1.165) is 27.2 Å². The summed E-state index contributed by atoms with van der Waals surface area (Å²) >= 11 is 0. The summed E-state index contributed by atoms with van der Waals surface area (Å²) in [6, 6.07) is 1.71. The van der Waals surface area contributed by atoms with Crippen molar-refractivity contribution in [2.45, 2.75) is 44.1 Å². The molecular weight excluding hydrogens is 382 g/mol. The fraction of sp³-hybridized carbons (Fsp3) is 0.588. The molecule has 1 aromatic rings. The Morgan fingerprint density at radius 3 is 2.30 bits per heavy atom. The number of carbonyl (C=O) groups excluding carboxylic acids is 1. The number of alkyl halides is 5. The van der Waals surface area contributed by atoms with Crippen molar-refractivity contribution in [1.29, 1.82) is 0 Å². The van der Waals surface area contributed by atoms with Gasteiger partial charge in [0.2, 0.25) is 0 Å². The number of methoxy groups -OCH3 is 2. The molecule has 2 rings (SSSR count). The normalized spacial score (nSPS) is 28.5. The Labute approximate surface area is 151 Å². The van der Waals surface area contributed by atoms with Crippen molar-refractivity contribution in [3.63, 3.8) is 0 Å². The van der Waals surface area contributed by atoms with Crippen LogP contribution in [0.1, 0.15) is 37.3 Å². The standard InChI is InChI=1S/C17H18F6O4/c1-7-10(8-5-6-9(18)11(14(19)20)12(8)25-3)13(15(24)26-4)27-16(7,2)17(21,22)23/h5-7,10,13-14H,1-4H3/t7?,10?,13-,16?/m1/s1. The molecule has 0 N–H and O–H groups in total. The Morgan fingerprint density at radius 2 is 1.85 bits per heavy atom. The van der Waals surface area contributed by atoms with Crippen LogP contribution >= 0.6 is 0 Å². The van der Waals surface area contributed by atoms with Gasteiger partial charge < -0.3 is 14.2 Å². The molecule has 1 aliphatic rings. The van der Waals surface area contributed by atoms with E-state index < -0.39 is 59.2 Å². The minimum atomic E-state index is -4.85. The van der Waals surface area contributed by atoms with Gasteiger partial charge in [0.05, 0.1) is 19.8 Å². The molecule has 1 saturated heterocycles. The topological polar surface area (TPSA) is 44.8 Å². The zero-order chi connectivity index (χ0) is 20.7. The van der Waals surface area contributed by atoms with E-state index in [4.69, 9.17) is 9.47 Å². The molecule has 1 heterocycles. The summed E-state index contributed by atoms with van der Waals surface area (Å²) in [6.45, 7) is 1.93. The summed E-state index contributed by atoms with van der Waals surface area (Å²) < 4.78 is 95.6. The monoisotopic (exact) mass is 400 g/mol. The van der Waals surface area contributed by atoms with E-state index in [9.17, 15) is 31.1 Å². The first kappa shape index (κ1) is 21.3. The van der Waals surface area contributed by atoms with Crippen molar-refractivity contribution >= 4 is 5.97 Å². The van der Waals surface area contributed by atoms with Crippen LogP contribution in [0.25, 0.3) is 0 Å². The van der Waals surface area contributed by atoms with Crippen LogP contribution in [0.15, 0.2) is 12.1 Å². The van der Waals surface area contributed by atoms with Gasteiger partial charge in [0.25, 0.3) is 6.43 Å². The van der Waals surface area contributed by atoms with E-state index in [1.807, 2.05) is 0 Å². The van der Waals surface area contributed by atoms with Crippen LogP contribution in [0.2, 0.25) is 0 Å². The maximum atomic E-state index is 13.9. The number of ether oxygens (including phenoxy) is 3. The fourth-order valence-corrected chi connectivity index (χ4v) is 3.40. The lowest BCUT2D eigenvalue weighted by atomic mass is 9.76. The molecule has 0 aromatic heterocycles. The largest absolute Gasteiger partial charge is 0.496 e. The van der Waals surface area contributed by atoms with E-state index in [2.05, 4.69) is 4.74 Å². The van der Waals surface area contributed by atoms with E-state index >= 15 is 0 Å². The van der Waals surface area contributed by atoms with Crippen molar-refractivity contribution in [2.75, 3.05) is 14.2 Å². The van der Waals surface area contributed by atoms with Crippen LogP contribution < -0.4 is 4.74 Å². The Hall–Kier alpha value is -1.97. The predicted molar refractivity (Wildman–Crippen MR) is 81.2 cm³/mol. The van der Waals surface area contributed by atoms with Crippen LogP contribution in [-0.2, 0) is 14.3 Å². The number of hydrogen-bond donors (Lipinski definition) is 0. The molecule has 1 aliphatic heterocycles. The first-order valence-corrected chi connectivity index (χ1v) is 7.87. The van der Waals surface area contributed by atoms with Gasteiger partial charge in [0.1, 0.15) is 11.6 Å². The Kier molecular flexibility index (Phi) is 5.70. The molecule has 10 heteroatoms. The van der Waals surface area contributed by atoms with Gasteiger partial charge in [-0.2, -0.15) is 13.2 Å². The highest BCUT2D eigenvalue weighted by molar-refractivity contribution is 5.77. The zero-order valence-corrected chi connectivity index (χ0v) is 14.9. The molecular formula is C17H18F6O4. The van der Waals surface area contributed by atoms with E-state index in [0.29, 0.717) is 6.07 Å². The molecule has 1 aromatic carbocycles. The van der Waals surface area contributed by atoms with Crippen molar-refractivity contribution in [3.05, 3.63) is 29.1 Å². The number of hydrogen-bond acceptors (Lipinski definition) is 4. The SMILES string of the molecule is COC(=O)[C@@H]1OC(C)(C(F)(F)F)C(C)C1c1ccc(F)c(C(F)F)c1OC. The van der Waals surface area contributed by atoms with E-state index in [1.165, 1.54) is 6.92 Å². The number of halogens is 6. The van der Waals surface area contributed by atoms with Crippen LogP contribution in [0.3, 0.4) is 0 Å². The Bertz CT molecular complexity index is 720. The van der Waals surface area contributed by atoms with Crippen molar-refractivity contribution in [2.24, 2.45) is 5.92 Å². The number of esters is 1. The van der Waals surface area contributed by atoms with Gasteiger partial charge in [0, 0.05) is 17.4 Å². The number of benzene rings is 1. The lowest BCUT2D eigenvalue weighted by Crippen LogP contribution is -2.47. The minimum absolute atomic E-state index is 0.190. The molecule has 0 amide bonds. The third-order valence-corrected chi connectivity index (χ3v) is 5.06. The highest BCUT2D eigenvalue weighted by Gasteiger charge is 2.66. The summed E-state index contributed by atoms with van der Waals surface area (Å²) in [6.07, 6.45) is -9.86. The first-order valence-electron chi connectivity index (χ1n) is 7.87. The predicted octanol–water partition coefficient (Wildman–Crippen LogP) is 4.38. The van der Waals surface area contributed by atoms with Gasteiger partial charge >= 0.3 is 12.1 Å². The van der Waals surface area contributed by atoms with Crippen LogP contribution in [0, 0.1) is 11.7 Å². The molecule has 4 atom stereocenters. The van der Waals surface area contributed by atoms with Gasteiger partial charge in [-0.25, -0.2) is 18.0 Å². The zero-order valence-electron chi connectivity index (χ0n) is 14.9. The van der Waals surface area contributed by atoms with Crippen molar-refractivity contribution in [1.82, 2.24) is 0 Å². The average molecular weight is 400 g/mol. The van der Waals surface area contributed by atoms with Crippen molar-refractivity contribution in [3.8, 4) is 5.75 Å². The molecule has 0 saturated carbocycles. The lowest BCUT2D eigenvalue weighted by molar-refractivity contribution is -0.274. The van der Waals surface area contributed by atoms with Gasteiger partial charge in [-0.3, -0.25) is 0 Å².